The van der Waals surface area contributed by atoms with Crippen LogP contribution >= 0.6 is 15.9 Å². The summed E-state index contributed by atoms with van der Waals surface area (Å²) in [6.07, 6.45) is 1.74. The molecule has 2 unspecified atom stereocenters. The zero-order valence-electron chi connectivity index (χ0n) is 11.6. The van der Waals surface area contributed by atoms with Gasteiger partial charge < -0.3 is 10.1 Å². The molecule has 1 N–H and O–H groups in total. The van der Waals surface area contributed by atoms with Gasteiger partial charge in [0, 0.05) is 10.5 Å². The van der Waals surface area contributed by atoms with Gasteiger partial charge in [-0.05, 0) is 57.2 Å². The van der Waals surface area contributed by atoms with Gasteiger partial charge in [-0.1, -0.05) is 28.1 Å². The van der Waals surface area contributed by atoms with Crippen molar-refractivity contribution in [1.29, 1.82) is 0 Å². The first-order valence-corrected chi connectivity index (χ1v) is 7.37. The van der Waals surface area contributed by atoms with E-state index in [2.05, 4.69) is 33.4 Å². The lowest BCUT2D eigenvalue weighted by atomic mass is 10.1. The van der Waals surface area contributed by atoms with Crippen molar-refractivity contribution >= 4 is 22.0 Å². The van der Waals surface area contributed by atoms with Gasteiger partial charge in [0.25, 0.3) is 0 Å². The van der Waals surface area contributed by atoms with Gasteiger partial charge in [-0.25, -0.2) is 4.79 Å². The highest BCUT2D eigenvalue weighted by atomic mass is 79.9. The largest absolute Gasteiger partial charge is 0.444 e. The molecule has 19 heavy (non-hydrogen) atoms. The molecule has 104 valence electrons. The van der Waals surface area contributed by atoms with Gasteiger partial charge in [0.1, 0.15) is 5.60 Å². The van der Waals surface area contributed by atoms with E-state index in [0.29, 0.717) is 5.92 Å². The minimum Gasteiger partial charge on any atom is -0.444 e. The molecule has 0 radical (unpaired) electrons. The second-order valence-electron chi connectivity index (χ2n) is 6.08. The molecule has 0 bridgehead atoms. The first kappa shape index (κ1) is 14.4. The Balaban J connectivity index is 1.76. The van der Waals surface area contributed by atoms with Crippen molar-refractivity contribution in [1.82, 2.24) is 5.32 Å². The zero-order valence-corrected chi connectivity index (χ0v) is 13.2. The summed E-state index contributed by atoms with van der Waals surface area (Å²) in [6, 6.07) is 8.60. The smallest absolute Gasteiger partial charge is 0.407 e. The number of hydrogen-bond donors (Lipinski definition) is 1. The summed E-state index contributed by atoms with van der Waals surface area (Å²) in [5.41, 5.74) is 0.877. The van der Waals surface area contributed by atoms with E-state index in [1.54, 1.807) is 0 Å². The second-order valence-corrected chi connectivity index (χ2v) is 6.99. The summed E-state index contributed by atoms with van der Waals surface area (Å²) in [6.45, 7) is 5.62. The Kier molecular flexibility index (Phi) is 4.19. The predicted octanol–water partition coefficient (Wildman–Crippen LogP) is 3.90. The molecular formula is C15H20BrNO2. The lowest BCUT2D eigenvalue weighted by Crippen LogP contribution is -2.34. The lowest BCUT2D eigenvalue weighted by Gasteiger charge is -2.19. The number of rotatable bonds is 3. The third-order valence-electron chi connectivity index (χ3n) is 3.04. The van der Waals surface area contributed by atoms with E-state index >= 15 is 0 Å². The van der Waals surface area contributed by atoms with Gasteiger partial charge >= 0.3 is 6.09 Å². The summed E-state index contributed by atoms with van der Waals surface area (Å²) in [4.78, 5) is 11.6. The number of amides is 1. The molecule has 3 nitrogen and oxygen atoms in total. The van der Waals surface area contributed by atoms with Crippen LogP contribution in [0.3, 0.4) is 0 Å². The number of halogens is 1. The van der Waals surface area contributed by atoms with Gasteiger partial charge in [0.05, 0.1) is 0 Å². The molecule has 0 aromatic heterocycles. The fourth-order valence-electron chi connectivity index (χ4n) is 2.03. The van der Waals surface area contributed by atoms with Gasteiger partial charge in [-0.15, -0.1) is 0 Å². The summed E-state index contributed by atoms with van der Waals surface area (Å²) >= 11 is 3.43. The Labute approximate surface area is 122 Å². The normalized spacial score (nSPS) is 21.9. The van der Waals surface area contributed by atoms with Gasteiger partial charge in [0.15, 0.2) is 0 Å². The summed E-state index contributed by atoms with van der Waals surface area (Å²) in [5, 5.41) is 2.92. The highest BCUT2D eigenvalue weighted by Gasteiger charge is 2.38. The number of ether oxygens (including phenoxy) is 1. The Morgan fingerprint density at radius 2 is 2.00 bits per heavy atom. The third kappa shape index (κ3) is 4.86. The number of benzene rings is 1. The monoisotopic (exact) mass is 325 g/mol. The molecule has 1 aromatic rings. The minimum absolute atomic E-state index is 0.262. The van der Waals surface area contributed by atoms with Gasteiger partial charge in [0.2, 0.25) is 0 Å². The number of alkyl carbamates (subject to hydrolysis) is 1. The molecule has 1 aromatic carbocycles. The van der Waals surface area contributed by atoms with E-state index in [1.165, 1.54) is 5.56 Å². The Morgan fingerprint density at radius 1 is 1.37 bits per heavy atom. The molecule has 1 saturated carbocycles. The maximum atomic E-state index is 11.6. The molecule has 4 heteroatoms. The van der Waals surface area contributed by atoms with E-state index in [1.807, 2.05) is 32.9 Å². The van der Waals surface area contributed by atoms with Crippen LogP contribution < -0.4 is 5.32 Å². The average molecular weight is 326 g/mol. The first-order valence-electron chi connectivity index (χ1n) is 6.57. The minimum atomic E-state index is -0.430. The van der Waals surface area contributed by atoms with Gasteiger partial charge in [-0.3, -0.25) is 0 Å². The van der Waals surface area contributed by atoms with Crippen molar-refractivity contribution in [3.63, 3.8) is 0 Å². The van der Waals surface area contributed by atoms with Crippen molar-refractivity contribution in [2.75, 3.05) is 0 Å². The fourth-order valence-corrected chi connectivity index (χ4v) is 2.30. The second kappa shape index (κ2) is 5.53. The van der Waals surface area contributed by atoms with Crippen molar-refractivity contribution in [3.8, 4) is 0 Å². The molecule has 2 rings (SSSR count). The van der Waals surface area contributed by atoms with Gasteiger partial charge in [-0.2, -0.15) is 0 Å². The Morgan fingerprint density at radius 3 is 2.58 bits per heavy atom. The van der Waals surface area contributed by atoms with Crippen LogP contribution in [-0.2, 0) is 11.2 Å². The van der Waals surface area contributed by atoms with E-state index in [4.69, 9.17) is 4.74 Å². The van der Waals surface area contributed by atoms with Crippen molar-refractivity contribution in [3.05, 3.63) is 34.3 Å². The van der Waals surface area contributed by atoms with Crippen molar-refractivity contribution < 1.29 is 9.53 Å². The van der Waals surface area contributed by atoms with E-state index in [-0.39, 0.29) is 12.1 Å². The SMILES string of the molecule is CC(C)(C)OC(=O)NC1CC1Cc1ccc(Br)cc1. The zero-order chi connectivity index (χ0) is 14.0. The van der Waals surface area contributed by atoms with Crippen LogP contribution in [0.2, 0.25) is 0 Å². The number of carbonyl (C=O) groups excluding carboxylic acids is 1. The maximum Gasteiger partial charge on any atom is 0.407 e. The first-order chi connectivity index (χ1) is 8.83. The van der Waals surface area contributed by atoms with Crippen LogP contribution in [0.5, 0.6) is 0 Å². The average Bonchev–Trinajstić information content (AvgIpc) is 2.97. The summed E-state index contributed by atoms with van der Waals surface area (Å²) in [7, 11) is 0. The molecule has 2 atom stereocenters. The van der Waals surface area contributed by atoms with Crippen LogP contribution in [0.25, 0.3) is 0 Å². The van der Waals surface area contributed by atoms with E-state index < -0.39 is 5.60 Å². The molecule has 0 spiro atoms. The fraction of sp³-hybridized carbons (Fsp3) is 0.533. The van der Waals surface area contributed by atoms with E-state index in [0.717, 1.165) is 17.3 Å². The quantitative estimate of drug-likeness (QED) is 0.915. The highest BCUT2D eigenvalue weighted by molar-refractivity contribution is 9.10. The number of nitrogens with one attached hydrogen (secondary N) is 1. The Hall–Kier alpha value is -1.03. The van der Waals surface area contributed by atoms with E-state index in [9.17, 15) is 4.79 Å². The standard InChI is InChI=1S/C15H20BrNO2/c1-15(2,3)19-14(18)17-13-9-11(13)8-10-4-6-12(16)7-5-10/h4-7,11,13H,8-9H2,1-3H3,(H,17,18). The Bertz CT molecular complexity index is 450. The van der Waals surface area contributed by atoms with Crippen LogP contribution in [0.15, 0.2) is 28.7 Å². The van der Waals surface area contributed by atoms with Crippen LogP contribution in [0, 0.1) is 5.92 Å². The van der Waals surface area contributed by atoms with Crippen LogP contribution in [0.1, 0.15) is 32.8 Å². The number of hydrogen-bond acceptors (Lipinski definition) is 2. The van der Waals surface area contributed by atoms with Crippen LogP contribution in [-0.4, -0.2) is 17.7 Å². The molecule has 1 fully saturated rings. The van der Waals surface area contributed by atoms with Crippen LogP contribution in [0.4, 0.5) is 4.79 Å². The molecule has 0 saturated heterocycles. The summed E-state index contributed by atoms with van der Waals surface area (Å²) < 4.78 is 6.34. The molecule has 0 aliphatic heterocycles. The topological polar surface area (TPSA) is 38.3 Å². The van der Waals surface area contributed by atoms with Crippen molar-refractivity contribution in [2.45, 2.75) is 45.3 Å². The molecule has 1 aliphatic rings. The lowest BCUT2D eigenvalue weighted by molar-refractivity contribution is 0.0521. The molecule has 0 heterocycles. The number of carbonyl (C=O) groups is 1. The highest BCUT2D eigenvalue weighted by Crippen LogP contribution is 2.34. The molecular weight excluding hydrogens is 306 g/mol. The molecule has 1 amide bonds. The molecule has 1 aliphatic carbocycles. The third-order valence-corrected chi connectivity index (χ3v) is 3.56. The summed E-state index contributed by atoms with van der Waals surface area (Å²) in [5.74, 6) is 0.536. The van der Waals surface area contributed by atoms with Crippen molar-refractivity contribution in [2.24, 2.45) is 5.92 Å². The maximum absolute atomic E-state index is 11.6. The predicted molar refractivity (Wildman–Crippen MR) is 79.1 cm³/mol.